The van der Waals surface area contributed by atoms with E-state index in [1.54, 1.807) is 20.8 Å². The molecule has 1 saturated heterocycles. The number of ether oxygens (including phenoxy) is 2. The summed E-state index contributed by atoms with van der Waals surface area (Å²) in [6.45, 7) is 5.43. The molecule has 1 N–H and O–H groups in total. The molecule has 1 aliphatic heterocycles. The molecule has 22 heavy (non-hydrogen) atoms. The van der Waals surface area contributed by atoms with Gasteiger partial charge in [-0.3, -0.25) is 14.4 Å². The van der Waals surface area contributed by atoms with Gasteiger partial charge >= 0.3 is 12.2 Å². The van der Waals surface area contributed by atoms with Crippen LogP contribution in [0.2, 0.25) is 0 Å². The minimum absolute atomic E-state index is 0.0198. The number of imide groups is 1. The lowest BCUT2D eigenvalue weighted by atomic mass is 10.2. The lowest BCUT2D eigenvalue weighted by Gasteiger charge is -2.19. The molecule has 1 rings (SSSR count). The average molecular weight is 316 g/mol. The first kappa shape index (κ1) is 17.7. The van der Waals surface area contributed by atoms with Gasteiger partial charge in [-0.15, -0.1) is 0 Å². The molecule has 0 spiro atoms. The van der Waals surface area contributed by atoms with E-state index in [0.717, 1.165) is 0 Å². The van der Waals surface area contributed by atoms with E-state index in [2.05, 4.69) is 14.9 Å². The van der Waals surface area contributed by atoms with Crippen molar-refractivity contribution >= 4 is 24.1 Å². The van der Waals surface area contributed by atoms with Crippen LogP contribution >= 0.6 is 0 Å². The monoisotopic (exact) mass is 316 g/mol. The Labute approximate surface area is 127 Å². The summed E-state index contributed by atoms with van der Waals surface area (Å²) in [7, 11) is 0. The van der Waals surface area contributed by atoms with E-state index in [-0.39, 0.29) is 26.0 Å². The van der Waals surface area contributed by atoms with Crippen LogP contribution in [0, 0.1) is 0 Å². The smallest absolute Gasteiger partial charge is 0.444 e. The predicted molar refractivity (Wildman–Crippen MR) is 72.4 cm³/mol. The number of hydroxylamine groups is 2. The van der Waals surface area contributed by atoms with E-state index in [0.29, 0.717) is 11.5 Å². The Morgan fingerprint density at radius 2 is 1.77 bits per heavy atom. The highest BCUT2D eigenvalue weighted by Crippen LogP contribution is 2.12. The Morgan fingerprint density at radius 3 is 2.32 bits per heavy atom. The van der Waals surface area contributed by atoms with Gasteiger partial charge in [-0.1, -0.05) is 5.06 Å². The van der Waals surface area contributed by atoms with Crippen molar-refractivity contribution in [1.29, 1.82) is 0 Å². The molecule has 0 atom stereocenters. The summed E-state index contributed by atoms with van der Waals surface area (Å²) in [4.78, 5) is 49.5. The molecule has 1 aliphatic rings. The van der Waals surface area contributed by atoms with Gasteiger partial charge in [-0.2, -0.15) is 0 Å². The number of hydrogen-bond acceptors (Lipinski definition) is 7. The van der Waals surface area contributed by atoms with Crippen molar-refractivity contribution in [3.63, 3.8) is 0 Å². The summed E-state index contributed by atoms with van der Waals surface area (Å²) in [6, 6.07) is 0. The first-order valence-corrected chi connectivity index (χ1v) is 6.86. The summed E-state index contributed by atoms with van der Waals surface area (Å²) < 4.78 is 9.70. The fourth-order valence-corrected chi connectivity index (χ4v) is 1.49. The Morgan fingerprint density at radius 1 is 1.18 bits per heavy atom. The zero-order valence-corrected chi connectivity index (χ0v) is 12.8. The van der Waals surface area contributed by atoms with Gasteiger partial charge in [0.1, 0.15) is 5.60 Å². The molecule has 0 unspecified atom stereocenters. The Bertz CT molecular complexity index is 440. The molecule has 3 amide bonds. The third-order valence-corrected chi connectivity index (χ3v) is 2.38. The summed E-state index contributed by atoms with van der Waals surface area (Å²) in [5.74, 6) is -1.15. The second kappa shape index (κ2) is 7.62. The summed E-state index contributed by atoms with van der Waals surface area (Å²) in [6.07, 6.45) is -1.34. The SMILES string of the molecule is CC(C)(C)OC(=O)NCCCOC(=O)ON1C(=O)CCC1=O. The van der Waals surface area contributed by atoms with Gasteiger partial charge in [0.2, 0.25) is 0 Å². The summed E-state index contributed by atoms with van der Waals surface area (Å²) >= 11 is 0. The van der Waals surface area contributed by atoms with Crippen molar-refractivity contribution in [1.82, 2.24) is 10.4 Å². The molecule has 0 aliphatic carbocycles. The molecule has 1 heterocycles. The van der Waals surface area contributed by atoms with Gasteiger partial charge in [0, 0.05) is 19.4 Å². The molecular formula is C13H20N2O7. The molecule has 124 valence electrons. The zero-order valence-electron chi connectivity index (χ0n) is 12.8. The number of carbonyl (C=O) groups is 4. The standard InChI is InChI=1S/C13H20N2O7/c1-13(2,3)21-11(18)14-7-4-8-20-12(19)22-15-9(16)5-6-10(15)17/h4-8H2,1-3H3,(H,14,18). The fraction of sp³-hybridized carbons (Fsp3) is 0.692. The maximum absolute atomic E-state index is 11.3. The van der Waals surface area contributed by atoms with Crippen LogP contribution in [0.1, 0.15) is 40.0 Å². The van der Waals surface area contributed by atoms with Crippen LogP contribution in [0.5, 0.6) is 0 Å². The molecule has 0 radical (unpaired) electrons. The van der Waals surface area contributed by atoms with Gasteiger partial charge in [0.05, 0.1) is 6.61 Å². The fourth-order valence-electron chi connectivity index (χ4n) is 1.49. The maximum Gasteiger partial charge on any atom is 0.533 e. The molecule has 0 bridgehead atoms. The highest BCUT2D eigenvalue weighted by molar-refractivity contribution is 6.01. The molecule has 0 aromatic carbocycles. The van der Waals surface area contributed by atoms with Crippen LogP contribution in [0.4, 0.5) is 9.59 Å². The Hall–Kier alpha value is -2.32. The molecule has 0 aromatic heterocycles. The van der Waals surface area contributed by atoms with Crippen molar-refractivity contribution in [2.45, 2.75) is 45.6 Å². The minimum atomic E-state index is -1.14. The van der Waals surface area contributed by atoms with Crippen LogP contribution in [0.3, 0.4) is 0 Å². The van der Waals surface area contributed by atoms with Crippen LogP contribution in [-0.2, 0) is 23.9 Å². The third kappa shape index (κ3) is 6.42. The van der Waals surface area contributed by atoms with E-state index < -0.39 is 29.7 Å². The number of nitrogens with one attached hydrogen (secondary N) is 1. The van der Waals surface area contributed by atoms with E-state index >= 15 is 0 Å². The van der Waals surface area contributed by atoms with Crippen LogP contribution in [0.15, 0.2) is 0 Å². The summed E-state index contributed by atoms with van der Waals surface area (Å²) in [5, 5.41) is 2.89. The van der Waals surface area contributed by atoms with Gasteiger partial charge in [0.15, 0.2) is 0 Å². The highest BCUT2D eigenvalue weighted by Gasteiger charge is 2.33. The van der Waals surface area contributed by atoms with E-state index in [9.17, 15) is 19.2 Å². The third-order valence-electron chi connectivity index (χ3n) is 2.38. The van der Waals surface area contributed by atoms with Crippen molar-refractivity contribution in [3.05, 3.63) is 0 Å². The number of alkyl carbamates (subject to hydrolysis) is 1. The lowest BCUT2D eigenvalue weighted by molar-refractivity contribution is -0.177. The second-order valence-corrected chi connectivity index (χ2v) is 5.55. The number of carbonyl (C=O) groups excluding carboxylic acids is 4. The Kier molecular flexibility index (Phi) is 6.14. The molecule has 9 nitrogen and oxygen atoms in total. The quantitative estimate of drug-likeness (QED) is 0.459. The molecular weight excluding hydrogens is 296 g/mol. The lowest BCUT2D eigenvalue weighted by Crippen LogP contribution is -2.34. The molecule has 0 saturated carbocycles. The topological polar surface area (TPSA) is 111 Å². The zero-order chi connectivity index (χ0) is 16.8. The van der Waals surface area contributed by atoms with Crippen molar-refractivity contribution in [3.8, 4) is 0 Å². The molecule has 0 aromatic rings. The number of amides is 3. The minimum Gasteiger partial charge on any atom is -0.444 e. The normalized spacial score (nSPS) is 14.8. The Balaban J connectivity index is 2.12. The van der Waals surface area contributed by atoms with E-state index in [4.69, 9.17) is 4.74 Å². The van der Waals surface area contributed by atoms with Crippen LogP contribution < -0.4 is 5.32 Å². The molecule has 1 fully saturated rings. The average Bonchev–Trinajstić information content (AvgIpc) is 2.68. The van der Waals surface area contributed by atoms with E-state index in [1.807, 2.05) is 0 Å². The van der Waals surface area contributed by atoms with Gasteiger partial charge < -0.3 is 14.8 Å². The van der Waals surface area contributed by atoms with Gasteiger partial charge in [-0.25, -0.2) is 9.59 Å². The number of rotatable bonds is 5. The van der Waals surface area contributed by atoms with Crippen LogP contribution in [0.25, 0.3) is 0 Å². The van der Waals surface area contributed by atoms with Crippen LogP contribution in [-0.4, -0.2) is 47.9 Å². The van der Waals surface area contributed by atoms with Crippen molar-refractivity contribution in [2.75, 3.05) is 13.2 Å². The van der Waals surface area contributed by atoms with Gasteiger partial charge in [-0.05, 0) is 27.2 Å². The summed E-state index contributed by atoms with van der Waals surface area (Å²) in [5.41, 5.74) is -0.584. The second-order valence-electron chi connectivity index (χ2n) is 5.55. The first-order valence-electron chi connectivity index (χ1n) is 6.86. The predicted octanol–water partition coefficient (Wildman–Crippen LogP) is 1.12. The number of hydrogen-bond donors (Lipinski definition) is 1. The van der Waals surface area contributed by atoms with E-state index in [1.165, 1.54) is 0 Å². The maximum atomic E-state index is 11.3. The van der Waals surface area contributed by atoms with Gasteiger partial charge in [0.25, 0.3) is 11.8 Å². The highest BCUT2D eigenvalue weighted by atomic mass is 16.8. The van der Waals surface area contributed by atoms with Crippen molar-refractivity contribution in [2.24, 2.45) is 0 Å². The van der Waals surface area contributed by atoms with Crippen molar-refractivity contribution < 1.29 is 33.5 Å². The largest absolute Gasteiger partial charge is 0.533 e. The number of nitrogens with zero attached hydrogens (tertiary/aromatic N) is 1. The first-order chi connectivity index (χ1) is 10.2. The molecule has 9 heteroatoms.